The topological polar surface area (TPSA) is 47.3 Å². The molecule has 1 unspecified atom stereocenters. The number of anilines is 2. The Morgan fingerprint density at radius 2 is 2.40 bits per heavy atom. The first-order chi connectivity index (χ1) is 7.25. The Morgan fingerprint density at radius 3 is 3.13 bits per heavy atom. The molecule has 1 fully saturated rings. The molecule has 0 bridgehead atoms. The monoisotopic (exact) mass is 270 g/mol. The minimum absolute atomic E-state index is 0.336. The second-order valence-electron chi connectivity index (χ2n) is 3.75. The Labute approximate surface area is 98.1 Å². The van der Waals surface area contributed by atoms with E-state index in [1.807, 2.05) is 18.2 Å². The normalized spacial score (nSPS) is 20.5. The summed E-state index contributed by atoms with van der Waals surface area (Å²) in [5.74, 6) is 0. The van der Waals surface area contributed by atoms with Crippen molar-refractivity contribution in [3.8, 4) is 0 Å². The van der Waals surface area contributed by atoms with Gasteiger partial charge in [-0.25, -0.2) is 0 Å². The highest BCUT2D eigenvalue weighted by Gasteiger charge is 2.15. The van der Waals surface area contributed by atoms with Gasteiger partial charge in [-0.1, -0.05) is 15.9 Å². The Bertz CT molecular complexity index is 337. The standard InChI is InChI=1S/C11H15BrN2O/c12-8-3-4-10(13)11(6-8)14-7-9-2-1-5-15-9/h3-4,6,9,14H,1-2,5,7,13H2. The largest absolute Gasteiger partial charge is 0.397 e. The quantitative estimate of drug-likeness (QED) is 0.831. The third kappa shape index (κ3) is 2.86. The molecule has 1 aromatic carbocycles. The van der Waals surface area contributed by atoms with Crippen LogP contribution >= 0.6 is 15.9 Å². The summed E-state index contributed by atoms with van der Waals surface area (Å²) < 4.78 is 6.56. The fraction of sp³-hybridized carbons (Fsp3) is 0.455. The number of rotatable bonds is 3. The van der Waals surface area contributed by atoms with E-state index in [1.54, 1.807) is 0 Å². The summed E-state index contributed by atoms with van der Waals surface area (Å²) in [6.45, 7) is 1.72. The summed E-state index contributed by atoms with van der Waals surface area (Å²) in [6.07, 6.45) is 2.64. The molecule has 3 nitrogen and oxygen atoms in total. The lowest BCUT2D eigenvalue weighted by Gasteiger charge is -2.13. The van der Waals surface area contributed by atoms with Gasteiger partial charge in [-0.15, -0.1) is 0 Å². The molecule has 1 saturated heterocycles. The maximum atomic E-state index is 5.85. The van der Waals surface area contributed by atoms with Crippen LogP contribution < -0.4 is 11.1 Å². The second kappa shape index (κ2) is 4.86. The molecule has 1 aromatic rings. The number of halogens is 1. The zero-order valence-electron chi connectivity index (χ0n) is 8.50. The smallest absolute Gasteiger partial charge is 0.0748 e. The molecule has 82 valence electrons. The lowest BCUT2D eigenvalue weighted by atomic mass is 10.2. The highest BCUT2D eigenvalue weighted by molar-refractivity contribution is 9.10. The molecule has 0 aromatic heterocycles. The summed E-state index contributed by atoms with van der Waals surface area (Å²) in [5, 5.41) is 3.32. The van der Waals surface area contributed by atoms with Crippen molar-refractivity contribution in [1.29, 1.82) is 0 Å². The van der Waals surface area contributed by atoms with Gasteiger partial charge in [0.05, 0.1) is 17.5 Å². The van der Waals surface area contributed by atoms with Crippen molar-refractivity contribution in [2.45, 2.75) is 18.9 Å². The summed E-state index contributed by atoms with van der Waals surface area (Å²) in [7, 11) is 0. The molecule has 1 heterocycles. The average molecular weight is 271 g/mol. The fourth-order valence-electron chi connectivity index (χ4n) is 1.71. The van der Waals surface area contributed by atoms with E-state index in [9.17, 15) is 0 Å². The Balaban J connectivity index is 1.94. The molecule has 4 heteroatoms. The van der Waals surface area contributed by atoms with Crippen LogP contribution in [0.1, 0.15) is 12.8 Å². The number of benzene rings is 1. The van der Waals surface area contributed by atoms with E-state index in [-0.39, 0.29) is 0 Å². The van der Waals surface area contributed by atoms with Gasteiger partial charge in [-0.2, -0.15) is 0 Å². The molecular weight excluding hydrogens is 256 g/mol. The first-order valence-electron chi connectivity index (χ1n) is 5.16. The average Bonchev–Trinajstić information content (AvgIpc) is 2.72. The molecule has 0 amide bonds. The van der Waals surface area contributed by atoms with Gasteiger partial charge >= 0.3 is 0 Å². The third-order valence-corrected chi connectivity index (χ3v) is 3.05. The van der Waals surface area contributed by atoms with E-state index >= 15 is 0 Å². The predicted octanol–water partition coefficient (Wildman–Crippen LogP) is 2.62. The Morgan fingerprint density at radius 1 is 1.53 bits per heavy atom. The van der Waals surface area contributed by atoms with Gasteiger partial charge in [0.2, 0.25) is 0 Å². The first-order valence-corrected chi connectivity index (χ1v) is 5.95. The molecule has 1 aliphatic rings. The van der Waals surface area contributed by atoms with E-state index in [0.717, 1.165) is 35.4 Å². The van der Waals surface area contributed by atoms with Gasteiger partial charge in [0.1, 0.15) is 0 Å². The molecule has 0 aliphatic carbocycles. The van der Waals surface area contributed by atoms with Crippen molar-refractivity contribution in [1.82, 2.24) is 0 Å². The predicted molar refractivity (Wildman–Crippen MR) is 66.0 cm³/mol. The van der Waals surface area contributed by atoms with Crippen LogP contribution in [0.4, 0.5) is 11.4 Å². The van der Waals surface area contributed by atoms with Gasteiger partial charge in [-0.3, -0.25) is 0 Å². The van der Waals surface area contributed by atoms with Gasteiger partial charge in [-0.05, 0) is 31.0 Å². The molecule has 3 N–H and O–H groups in total. The number of hydrogen-bond donors (Lipinski definition) is 2. The number of nitrogen functional groups attached to an aromatic ring is 1. The van der Waals surface area contributed by atoms with Crippen molar-refractivity contribution < 1.29 is 4.74 Å². The summed E-state index contributed by atoms with van der Waals surface area (Å²) >= 11 is 3.42. The van der Waals surface area contributed by atoms with Crippen LogP contribution in [0.3, 0.4) is 0 Å². The molecule has 15 heavy (non-hydrogen) atoms. The Kier molecular flexibility index (Phi) is 3.49. The highest BCUT2D eigenvalue weighted by atomic mass is 79.9. The molecule has 1 aliphatic heterocycles. The lowest BCUT2D eigenvalue weighted by Crippen LogP contribution is -2.18. The third-order valence-electron chi connectivity index (χ3n) is 2.56. The van der Waals surface area contributed by atoms with Crippen molar-refractivity contribution in [3.63, 3.8) is 0 Å². The van der Waals surface area contributed by atoms with E-state index in [2.05, 4.69) is 21.2 Å². The number of nitrogens with one attached hydrogen (secondary N) is 1. The van der Waals surface area contributed by atoms with Crippen LogP contribution in [0.5, 0.6) is 0 Å². The zero-order valence-corrected chi connectivity index (χ0v) is 10.1. The van der Waals surface area contributed by atoms with Crippen LogP contribution in [-0.2, 0) is 4.74 Å². The molecule has 0 radical (unpaired) electrons. The number of nitrogens with two attached hydrogens (primary N) is 1. The molecular formula is C11H15BrN2O. The van der Waals surface area contributed by atoms with E-state index in [4.69, 9.17) is 10.5 Å². The number of hydrogen-bond acceptors (Lipinski definition) is 3. The maximum Gasteiger partial charge on any atom is 0.0748 e. The van der Waals surface area contributed by atoms with Crippen LogP contribution in [0.25, 0.3) is 0 Å². The minimum atomic E-state index is 0.336. The van der Waals surface area contributed by atoms with Crippen LogP contribution in [0, 0.1) is 0 Å². The summed E-state index contributed by atoms with van der Waals surface area (Å²) in [6, 6.07) is 5.82. The van der Waals surface area contributed by atoms with Crippen molar-refractivity contribution in [3.05, 3.63) is 22.7 Å². The Hall–Kier alpha value is -0.740. The van der Waals surface area contributed by atoms with Crippen LogP contribution in [-0.4, -0.2) is 19.3 Å². The fourth-order valence-corrected chi connectivity index (χ4v) is 2.07. The zero-order chi connectivity index (χ0) is 10.7. The first kappa shape index (κ1) is 10.8. The van der Waals surface area contributed by atoms with Gasteiger partial charge < -0.3 is 15.8 Å². The minimum Gasteiger partial charge on any atom is -0.397 e. The molecule has 2 rings (SSSR count). The van der Waals surface area contributed by atoms with Crippen LogP contribution in [0.15, 0.2) is 22.7 Å². The molecule has 1 atom stereocenters. The summed E-state index contributed by atoms with van der Waals surface area (Å²) in [5.41, 5.74) is 7.60. The van der Waals surface area contributed by atoms with E-state index in [1.165, 1.54) is 6.42 Å². The van der Waals surface area contributed by atoms with Gasteiger partial charge in [0, 0.05) is 17.6 Å². The molecule has 0 spiro atoms. The summed E-state index contributed by atoms with van der Waals surface area (Å²) in [4.78, 5) is 0. The van der Waals surface area contributed by atoms with Crippen LogP contribution in [0.2, 0.25) is 0 Å². The highest BCUT2D eigenvalue weighted by Crippen LogP contribution is 2.24. The van der Waals surface area contributed by atoms with Gasteiger partial charge in [0.15, 0.2) is 0 Å². The van der Waals surface area contributed by atoms with E-state index in [0.29, 0.717) is 6.10 Å². The van der Waals surface area contributed by atoms with Crippen molar-refractivity contribution in [2.24, 2.45) is 0 Å². The number of ether oxygens (including phenoxy) is 1. The van der Waals surface area contributed by atoms with Crippen molar-refractivity contribution in [2.75, 3.05) is 24.2 Å². The second-order valence-corrected chi connectivity index (χ2v) is 4.66. The van der Waals surface area contributed by atoms with Gasteiger partial charge in [0.25, 0.3) is 0 Å². The van der Waals surface area contributed by atoms with E-state index < -0.39 is 0 Å². The maximum absolute atomic E-state index is 5.85. The SMILES string of the molecule is Nc1ccc(Br)cc1NCC1CCCO1. The van der Waals surface area contributed by atoms with Crippen molar-refractivity contribution >= 4 is 27.3 Å². The lowest BCUT2D eigenvalue weighted by molar-refractivity contribution is 0.120. The molecule has 0 saturated carbocycles.